The van der Waals surface area contributed by atoms with Crippen molar-refractivity contribution in [2.24, 2.45) is 0 Å². The Labute approximate surface area is 136 Å². The molecule has 23 heavy (non-hydrogen) atoms. The van der Waals surface area contributed by atoms with Crippen molar-refractivity contribution in [2.45, 2.75) is 20.3 Å². The van der Waals surface area contributed by atoms with Gasteiger partial charge >= 0.3 is 0 Å². The number of anilines is 1. The van der Waals surface area contributed by atoms with Gasteiger partial charge < -0.3 is 9.73 Å². The van der Waals surface area contributed by atoms with E-state index in [4.69, 9.17) is 4.42 Å². The van der Waals surface area contributed by atoms with Crippen LogP contribution in [0.15, 0.2) is 34.1 Å². The summed E-state index contributed by atoms with van der Waals surface area (Å²) in [4.78, 5) is 12.9. The average molecular weight is 331 g/mol. The summed E-state index contributed by atoms with van der Waals surface area (Å²) in [5.74, 6) is -0.113. The van der Waals surface area contributed by atoms with Gasteiger partial charge in [0.2, 0.25) is 11.8 Å². The smallest absolute Gasteiger partial charge is 0.258 e. The second kappa shape index (κ2) is 6.29. The van der Waals surface area contributed by atoms with E-state index in [0.717, 1.165) is 16.0 Å². The van der Waals surface area contributed by atoms with Gasteiger partial charge in [-0.25, -0.2) is 4.39 Å². The van der Waals surface area contributed by atoms with Crippen LogP contribution in [0.25, 0.3) is 10.8 Å². The van der Waals surface area contributed by atoms with Gasteiger partial charge in [0.05, 0.1) is 4.88 Å². The number of nitrogens with zero attached hydrogens (tertiary/aromatic N) is 2. The number of hydrogen-bond donors (Lipinski definition) is 1. The molecule has 0 fully saturated rings. The third-order valence-corrected chi connectivity index (χ3v) is 4.31. The third kappa shape index (κ3) is 3.45. The second-order valence-electron chi connectivity index (χ2n) is 5.12. The van der Waals surface area contributed by atoms with Crippen molar-refractivity contribution in [3.05, 3.63) is 52.5 Å². The zero-order valence-electron chi connectivity index (χ0n) is 12.6. The molecule has 1 amide bonds. The Kier molecular flexibility index (Phi) is 4.20. The highest BCUT2D eigenvalue weighted by Gasteiger charge is 2.15. The monoisotopic (exact) mass is 331 g/mol. The van der Waals surface area contributed by atoms with Crippen molar-refractivity contribution in [1.82, 2.24) is 10.2 Å². The molecule has 0 saturated carbocycles. The lowest BCUT2D eigenvalue weighted by molar-refractivity contribution is -0.115. The molecule has 0 atom stereocenters. The fourth-order valence-corrected chi connectivity index (χ4v) is 2.91. The molecule has 0 saturated heterocycles. The number of aryl methyl sites for hydroxylation is 2. The van der Waals surface area contributed by atoms with E-state index >= 15 is 0 Å². The standard InChI is InChI=1S/C16H14FN3O2S/c1-9-3-4-11(17)7-12(9)18-13(21)8-14-19-20-16(22-14)15-10(2)5-6-23-15/h3-7H,8H2,1-2H3,(H,18,21). The Hall–Kier alpha value is -2.54. The number of thiophene rings is 1. The molecular formula is C16H14FN3O2S. The molecule has 7 heteroatoms. The number of benzene rings is 1. The summed E-state index contributed by atoms with van der Waals surface area (Å²) in [7, 11) is 0. The minimum Gasteiger partial charge on any atom is -0.419 e. The van der Waals surface area contributed by atoms with E-state index in [-0.39, 0.29) is 18.2 Å². The number of carbonyl (C=O) groups is 1. The maximum atomic E-state index is 13.2. The quantitative estimate of drug-likeness (QED) is 0.791. The van der Waals surface area contributed by atoms with E-state index < -0.39 is 5.82 Å². The normalized spacial score (nSPS) is 10.7. The van der Waals surface area contributed by atoms with Crippen LogP contribution >= 0.6 is 11.3 Å². The molecule has 0 aliphatic heterocycles. The van der Waals surface area contributed by atoms with Crippen molar-refractivity contribution < 1.29 is 13.6 Å². The van der Waals surface area contributed by atoms with Gasteiger partial charge in [-0.15, -0.1) is 21.5 Å². The van der Waals surface area contributed by atoms with Crippen molar-refractivity contribution in [3.63, 3.8) is 0 Å². The van der Waals surface area contributed by atoms with Crippen LogP contribution in [0, 0.1) is 19.7 Å². The van der Waals surface area contributed by atoms with Gasteiger partial charge in [0, 0.05) is 5.69 Å². The minimum absolute atomic E-state index is 0.0621. The topological polar surface area (TPSA) is 68.0 Å². The van der Waals surface area contributed by atoms with Crippen LogP contribution in [0.2, 0.25) is 0 Å². The maximum absolute atomic E-state index is 13.2. The molecule has 3 rings (SSSR count). The van der Waals surface area contributed by atoms with Gasteiger partial charge in [0.15, 0.2) is 0 Å². The van der Waals surface area contributed by atoms with Crippen LogP contribution in [0.5, 0.6) is 0 Å². The molecule has 3 aromatic rings. The van der Waals surface area contributed by atoms with Crippen LogP contribution in [-0.4, -0.2) is 16.1 Å². The van der Waals surface area contributed by atoms with Crippen LogP contribution < -0.4 is 5.32 Å². The lowest BCUT2D eigenvalue weighted by atomic mass is 10.2. The first-order chi connectivity index (χ1) is 11.0. The Morgan fingerprint density at radius 2 is 2.09 bits per heavy atom. The molecule has 2 heterocycles. The number of halogens is 1. The Bertz CT molecular complexity index is 857. The second-order valence-corrected chi connectivity index (χ2v) is 6.03. The number of rotatable bonds is 4. The molecule has 1 N–H and O–H groups in total. The fraction of sp³-hybridized carbons (Fsp3) is 0.188. The van der Waals surface area contributed by atoms with E-state index in [0.29, 0.717) is 11.6 Å². The lowest BCUT2D eigenvalue weighted by Crippen LogP contribution is -2.15. The SMILES string of the molecule is Cc1ccc(F)cc1NC(=O)Cc1nnc(-c2sccc2C)o1. The number of amides is 1. The summed E-state index contributed by atoms with van der Waals surface area (Å²) >= 11 is 1.50. The molecule has 5 nitrogen and oxygen atoms in total. The molecule has 118 valence electrons. The van der Waals surface area contributed by atoms with Gasteiger partial charge in [-0.3, -0.25) is 4.79 Å². The predicted octanol–water partition coefficient (Wildman–Crippen LogP) is 3.74. The van der Waals surface area contributed by atoms with Crippen LogP contribution in [0.1, 0.15) is 17.0 Å². The first kappa shape index (κ1) is 15.4. The van der Waals surface area contributed by atoms with Gasteiger partial charge in [-0.2, -0.15) is 0 Å². The first-order valence-electron chi connectivity index (χ1n) is 6.96. The number of aromatic nitrogens is 2. The lowest BCUT2D eigenvalue weighted by Gasteiger charge is -2.07. The van der Waals surface area contributed by atoms with Crippen molar-refractivity contribution in [1.29, 1.82) is 0 Å². The highest BCUT2D eigenvalue weighted by Crippen LogP contribution is 2.27. The molecule has 1 aromatic carbocycles. The van der Waals surface area contributed by atoms with Gasteiger partial charge in [0.25, 0.3) is 5.89 Å². The van der Waals surface area contributed by atoms with Crippen LogP contribution in [0.4, 0.5) is 10.1 Å². The Morgan fingerprint density at radius 3 is 2.83 bits per heavy atom. The first-order valence-corrected chi connectivity index (χ1v) is 7.84. The minimum atomic E-state index is -0.404. The van der Waals surface area contributed by atoms with Crippen molar-refractivity contribution >= 4 is 22.9 Å². The Morgan fingerprint density at radius 1 is 1.26 bits per heavy atom. The predicted molar refractivity (Wildman–Crippen MR) is 85.8 cm³/mol. The molecule has 0 aliphatic rings. The summed E-state index contributed by atoms with van der Waals surface area (Å²) in [6.45, 7) is 3.74. The van der Waals surface area contributed by atoms with E-state index in [1.165, 1.54) is 23.5 Å². The average Bonchev–Trinajstić information content (AvgIpc) is 3.11. The Balaban J connectivity index is 1.70. The summed E-state index contributed by atoms with van der Waals surface area (Å²) in [5, 5.41) is 12.4. The molecule has 0 radical (unpaired) electrons. The molecule has 0 aliphatic carbocycles. The molecule has 0 bridgehead atoms. The van der Waals surface area contributed by atoms with E-state index in [1.54, 1.807) is 13.0 Å². The zero-order valence-corrected chi connectivity index (χ0v) is 13.4. The summed E-state index contributed by atoms with van der Waals surface area (Å²) < 4.78 is 18.8. The molecule has 0 spiro atoms. The summed E-state index contributed by atoms with van der Waals surface area (Å²) in [5.41, 5.74) is 2.26. The van der Waals surface area contributed by atoms with E-state index in [2.05, 4.69) is 15.5 Å². The summed E-state index contributed by atoms with van der Waals surface area (Å²) in [6.07, 6.45) is -0.0621. The van der Waals surface area contributed by atoms with E-state index in [9.17, 15) is 9.18 Å². The highest BCUT2D eigenvalue weighted by molar-refractivity contribution is 7.13. The van der Waals surface area contributed by atoms with Gasteiger partial charge in [0.1, 0.15) is 12.2 Å². The molecule has 0 unspecified atom stereocenters. The third-order valence-electron chi connectivity index (χ3n) is 3.31. The van der Waals surface area contributed by atoms with Crippen molar-refractivity contribution in [2.75, 3.05) is 5.32 Å². The molecule has 2 aromatic heterocycles. The molecular weight excluding hydrogens is 317 g/mol. The fourth-order valence-electron chi connectivity index (χ4n) is 2.07. The number of hydrogen-bond acceptors (Lipinski definition) is 5. The largest absolute Gasteiger partial charge is 0.419 e. The van der Waals surface area contributed by atoms with Crippen molar-refractivity contribution in [3.8, 4) is 10.8 Å². The number of nitrogens with one attached hydrogen (secondary N) is 1. The van der Waals surface area contributed by atoms with Crippen LogP contribution in [0.3, 0.4) is 0 Å². The van der Waals surface area contributed by atoms with E-state index in [1.807, 2.05) is 18.4 Å². The van der Waals surface area contributed by atoms with Gasteiger partial charge in [-0.1, -0.05) is 6.07 Å². The number of carbonyl (C=O) groups excluding carboxylic acids is 1. The summed E-state index contributed by atoms with van der Waals surface area (Å²) in [6, 6.07) is 6.19. The zero-order chi connectivity index (χ0) is 16.4. The van der Waals surface area contributed by atoms with Gasteiger partial charge in [-0.05, 0) is 48.6 Å². The van der Waals surface area contributed by atoms with Crippen LogP contribution in [-0.2, 0) is 11.2 Å². The highest BCUT2D eigenvalue weighted by atomic mass is 32.1. The maximum Gasteiger partial charge on any atom is 0.258 e.